The molecule has 1 amide bonds. The van der Waals surface area contributed by atoms with Gasteiger partial charge in [0.25, 0.3) is 10.0 Å². The number of sulfonamides is 1. The topological polar surface area (TPSA) is 119 Å². The van der Waals surface area contributed by atoms with Crippen LogP contribution in [-0.4, -0.2) is 69.6 Å². The normalized spacial score (nSPS) is 14.6. The van der Waals surface area contributed by atoms with Crippen LogP contribution in [0, 0.1) is 13.8 Å². The first-order valence-electron chi connectivity index (χ1n) is 11.3. The van der Waals surface area contributed by atoms with Crippen molar-refractivity contribution in [1.29, 1.82) is 0 Å². The molecule has 184 valence electrons. The number of aryl methyl sites for hydroxylation is 2. The van der Waals surface area contributed by atoms with Crippen molar-refractivity contribution in [1.82, 2.24) is 10.2 Å². The molecule has 0 radical (unpaired) electrons. The third-order valence-corrected chi connectivity index (χ3v) is 7.30. The van der Waals surface area contributed by atoms with Gasteiger partial charge in [0.1, 0.15) is 0 Å². The molecule has 1 aliphatic rings. The summed E-state index contributed by atoms with van der Waals surface area (Å²) in [5.41, 5.74) is 1.97. The van der Waals surface area contributed by atoms with Gasteiger partial charge in [0.2, 0.25) is 5.91 Å². The minimum atomic E-state index is -3.96. The molecule has 0 saturated carbocycles. The van der Waals surface area contributed by atoms with Crippen LogP contribution >= 0.6 is 0 Å². The summed E-state index contributed by atoms with van der Waals surface area (Å²) in [6.07, 6.45) is 0.891. The second-order valence-corrected chi connectivity index (χ2v) is 10.2. The zero-order valence-electron chi connectivity index (χ0n) is 19.8. The Morgan fingerprint density at radius 2 is 1.74 bits per heavy atom. The Kier molecular flexibility index (Phi) is 8.16. The van der Waals surface area contributed by atoms with E-state index in [2.05, 4.69) is 14.9 Å². The van der Waals surface area contributed by atoms with Crippen LogP contribution in [0.25, 0.3) is 0 Å². The summed E-state index contributed by atoms with van der Waals surface area (Å²) in [6, 6.07) is 9.81. The van der Waals surface area contributed by atoms with Gasteiger partial charge in [-0.25, -0.2) is 13.2 Å². The van der Waals surface area contributed by atoms with E-state index in [-0.39, 0.29) is 22.1 Å². The van der Waals surface area contributed by atoms with E-state index in [0.717, 1.165) is 12.0 Å². The van der Waals surface area contributed by atoms with Crippen LogP contribution in [0.5, 0.6) is 0 Å². The van der Waals surface area contributed by atoms with E-state index < -0.39 is 16.0 Å². The fraction of sp³-hybridized carbons (Fsp3) is 0.417. The molecule has 0 spiro atoms. The predicted molar refractivity (Wildman–Crippen MR) is 132 cm³/mol. The number of piperazine rings is 1. The Hall–Kier alpha value is -3.11. The van der Waals surface area contributed by atoms with Crippen LogP contribution in [0.3, 0.4) is 0 Å². The van der Waals surface area contributed by atoms with Crippen LogP contribution in [-0.2, 0) is 14.8 Å². The SMILES string of the molecule is CCCNC(=O)CN1CCN(c2ccc(NS(=O)(=O)c3cc(C)ccc3C)c(C(=O)O)c2)CC1. The van der Waals surface area contributed by atoms with Crippen LogP contribution in [0.4, 0.5) is 11.4 Å². The number of benzene rings is 2. The van der Waals surface area contributed by atoms with E-state index in [1.54, 1.807) is 32.0 Å². The predicted octanol–water partition coefficient (Wildman–Crippen LogP) is 2.45. The van der Waals surface area contributed by atoms with Crippen molar-refractivity contribution in [2.45, 2.75) is 32.1 Å². The number of hydrogen-bond donors (Lipinski definition) is 3. The fourth-order valence-electron chi connectivity index (χ4n) is 3.88. The third-order valence-electron chi connectivity index (χ3n) is 5.79. The summed E-state index contributed by atoms with van der Waals surface area (Å²) in [7, 11) is -3.96. The number of carbonyl (C=O) groups is 2. The molecule has 0 aromatic heterocycles. The minimum absolute atomic E-state index is 0.00365. The average Bonchev–Trinajstić information content (AvgIpc) is 2.79. The number of anilines is 2. The van der Waals surface area contributed by atoms with Crippen molar-refractivity contribution in [2.24, 2.45) is 0 Å². The molecule has 2 aromatic carbocycles. The summed E-state index contributed by atoms with van der Waals surface area (Å²) in [5.74, 6) is -1.21. The number of carboxylic acid groups (broad SMARTS) is 1. The highest BCUT2D eigenvalue weighted by Gasteiger charge is 2.23. The lowest BCUT2D eigenvalue weighted by Crippen LogP contribution is -2.49. The molecular weight excluding hydrogens is 456 g/mol. The molecule has 0 aliphatic carbocycles. The summed E-state index contributed by atoms with van der Waals surface area (Å²) >= 11 is 0. The molecule has 3 rings (SSSR count). The Balaban J connectivity index is 1.73. The molecule has 1 fully saturated rings. The number of carbonyl (C=O) groups excluding carboxylic acids is 1. The molecule has 3 N–H and O–H groups in total. The van der Waals surface area contributed by atoms with E-state index in [1.807, 2.05) is 17.9 Å². The molecular formula is C24H32N4O5S. The lowest BCUT2D eigenvalue weighted by atomic mass is 10.1. The Morgan fingerprint density at radius 1 is 1.03 bits per heavy atom. The monoisotopic (exact) mass is 488 g/mol. The van der Waals surface area contributed by atoms with Gasteiger partial charge in [-0.05, 0) is 55.7 Å². The van der Waals surface area contributed by atoms with Gasteiger partial charge in [-0.15, -0.1) is 0 Å². The van der Waals surface area contributed by atoms with Gasteiger partial charge >= 0.3 is 5.97 Å². The second kappa shape index (κ2) is 10.9. The number of nitrogens with zero attached hydrogens (tertiary/aromatic N) is 2. The molecule has 34 heavy (non-hydrogen) atoms. The summed E-state index contributed by atoms with van der Waals surface area (Å²) in [4.78, 5) is 28.1. The Labute approximate surface area is 200 Å². The quantitative estimate of drug-likeness (QED) is 0.496. The van der Waals surface area contributed by atoms with Gasteiger partial charge in [-0.2, -0.15) is 0 Å². The summed E-state index contributed by atoms with van der Waals surface area (Å²) in [6.45, 7) is 9.11. The molecule has 0 unspecified atom stereocenters. The number of hydrogen-bond acceptors (Lipinski definition) is 6. The van der Waals surface area contributed by atoms with Crippen LogP contribution in [0.15, 0.2) is 41.3 Å². The highest BCUT2D eigenvalue weighted by molar-refractivity contribution is 7.92. The van der Waals surface area contributed by atoms with Gasteiger partial charge in [0.15, 0.2) is 0 Å². The first kappa shape index (κ1) is 25.5. The van der Waals surface area contributed by atoms with Crippen LogP contribution in [0.1, 0.15) is 34.8 Å². The van der Waals surface area contributed by atoms with Crippen molar-refractivity contribution >= 4 is 33.3 Å². The lowest BCUT2D eigenvalue weighted by molar-refractivity contribution is -0.122. The third kappa shape index (κ3) is 6.27. The number of amides is 1. The van der Waals surface area contributed by atoms with E-state index in [1.165, 1.54) is 12.1 Å². The highest BCUT2D eigenvalue weighted by atomic mass is 32.2. The number of aromatic carboxylic acids is 1. The van der Waals surface area contributed by atoms with Crippen LogP contribution in [0.2, 0.25) is 0 Å². The van der Waals surface area contributed by atoms with Crippen molar-refractivity contribution < 1.29 is 23.1 Å². The maximum Gasteiger partial charge on any atom is 0.337 e. The molecule has 1 saturated heterocycles. The van der Waals surface area contributed by atoms with Gasteiger partial charge in [0, 0.05) is 38.4 Å². The number of nitrogens with one attached hydrogen (secondary N) is 2. The lowest BCUT2D eigenvalue weighted by Gasteiger charge is -2.36. The van der Waals surface area contributed by atoms with Crippen LogP contribution < -0.4 is 14.9 Å². The minimum Gasteiger partial charge on any atom is -0.478 e. The van der Waals surface area contributed by atoms with Gasteiger partial charge in [-0.1, -0.05) is 19.1 Å². The van der Waals surface area contributed by atoms with Crippen molar-refractivity contribution in [3.05, 3.63) is 53.1 Å². The van der Waals surface area contributed by atoms with E-state index in [4.69, 9.17) is 0 Å². The molecule has 0 atom stereocenters. The Morgan fingerprint density at radius 3 is 2.38 bits per heavy atom. The molecule has 0 bridgehead atoms. The highest BCUT2D eigenvalue weighted by Crippen LogP contribution is 2.27. The largest absolute Gasteiger partial charge is 0.478 e. The van der Waals surface area contributed by atoms with E-state index >= 15 is 0 Å². The molecule has 1 aliphatic heterocycles. The molecule has 2 aromatic rings. The van der Waals surface area contributed by atoms with E-state index in [9.17, 15) is 23.1 Å². The molecule has 10 heteroatoms. The first-order chi connectivity index (χ1) is 16.1. The Bertz CT molecular complexity index is 1160. The maximum absolute atomic E-state index is 13.0. The summed E-state index contributed by atoms with van der Waals surface area (Å²) < 4.78 is 28.4. The van der Waals surface area contributed by atoms with Crippen molar-refractivity contribution in [3.63, 3.8) is 0 Å². The number of rotatable bonds is 9. The summed E-state index contributed by atoms with van der Waals surface area (Å²) in [5, 5.41) is 12.6. The zero-order valence-corrected chi connectivity index (χ0v) is 20.6. The maximum atomic E-state index is 13.0. The van der Waals surface area contributed by atoms with Gasteiger partial charge in [0.05, 0.1) is 22.7 Å². The number of carboxylic acids is 1. The molecule has 1 heterocycles. The van der Waals surface area contributed by atoms with Crippen molar-refractivity contribution in [3.8, 4) is 0 Å². The second-order valence-electron chi connectivity index (χ2n) is 8.52. The van der Waals surface area contributed by atoms with Crippen molar-refractivity contribution in [2.75, 3.05) is 48.9 Å². The van der Waals surface area contributed by atoms with Gasteiger partial charge < -0.3 is 15.3 Å². The van der Waals surface area contributed by atoms with E-state index in [0.29, 0.717) is 50.5 Å². The zero-order chi connectivity index (χ0) is 24.9. The smallest absolute Gasteiger partial charge is 0.337 e. The first-order valence-corrected chi connectivity index (χ1v) is 12.8. The average molecular weight is 489 g/mol. The van der Waals surface area contributed by atoms with Gasteiger partial charge in [-0.3, -0.25) is 14.4 Å². The fourth-order valence-corrected chi connectivity index (χ4v) is 5.29. The molecule has 9 nitrogen and oxygen atoms in total. The standard InChI is InChI=1S/C24H32N4O5S/c1-4-9-25-23(29)16-27-10-12-28(13-11-27)19-7-8-21(20(15-19)24(30)31)26-34(32,33)22-14-17(2)5-6-18(22)3/h5-8,14-15,26H,4,9-13,16H2,1-3H3,(H,25,29)(H,30,31).